The van der Waals surface area contributed by atoms with E-state index < -0.39 is 0 Å². The molecule has 0 aliphatic rings. The molecule has 0 aromatic heterocycles. The zero-order valence-corrected chi connectivity index (χ0v) is 8.99. The van der Waals surface area contributed by atoms with Crippen LogP contribution in [0.25, 0.3) is 0 Å². The van der Waals surface area contributed by atoms with Crippen LogP contribution in [0.4, 0.5) is 0 Å². The molecule has 0 amide bonds. The first-order valence-electron chi connectivity index (χ1n) is 4.41. The lowest BCUT2D eigenvalue weighted by Crippen LogP contribution is -1.85. The van der Waals surface area contributed by atoms with Gasteiger partial charge in [-0.05, 0) is 31.0 Å². The molecule has 0 nitrogen and oxygen atoms in total. The van der Waals surface area contributed by atoms with Crippen molar-refractivity contribution < 1.29 is 0 Å². The van der Waals surface area contributed by atoms with E-state index in [0.717, 1.165) is 17.7 Å². The molecule has 0 aliphatic carbocycles. The molecule has 1 heteroatoms. The van der Waals surface area contributed by atoms with E-state index in [1.807, 2.05) is 6.07 Å². The molecule has 0 radical (unpaired) electrons. The highest BCUT2D eigenvalue weighted by atomic mass is 32.1. The molecule has 0 heterocycles. The Hall–Kier alpha value is -0.870. The molecule has 0 fully saturated rings. The fraction of sp³-hybridized carbons (Fsp3) is 0.333. The highest BCUT2D eigenvalue weighted by Gasteiger charge is 1.95. The Balaban J connectivity index is 2.91. The fourth-order valence-corrected chi connectivity index (χ4v) is 1.21. The topological polar surface area (TPSA) is 0 Å². The van der Waals surface area contributed by atoms with Gasteiger partial charge in [0.1, 0.15) is 0 Å². The number of benzene rings is 1. The predicted molar refractivity (Wildman–Crippen MR) is 61.3 cm³/mol. The van der Waals surface area contributed by atoms with Crippen molar-refractivity contribution in [1.82, 2.24) is 0 Å². The number of hydrogen-bond acceptors (Lipinski definition) is 1. The SMILES string of the molecule is Cc1cccc(C#CCCS)c1C. The Labute approximate surface area is 85.8 Å². The van der Waals surface area contributed by atoms with E-state index in [0.29, 0.717) is 0 Å². The first-order chi connectivity index (χ1) is 6.25. The first-order valence-corrected chi connectivity index (χ1v) is 5.05. The maximum absolute atomic E-state index is 4.11. The van der Waals surface area contributed by atoms with E-state index in [1.54, 1.807) is 0 Å². The lowest BCUT2D eigenvalue weighted by molar-refractivity contribution is 1.30. The summed E-state index contributed by atoms with van der Waals surface area (Å²) in [5.74, 6) is 7.08. The average Bonchev–Trinajstić information content (AvgIpc) is 2.13. The van der Waals surface area contributed by atoms with Gasteiger partial charge in [-0.1, -0.05) is 24.0 Å². The van der Waals surface area contributed by atoms with Crippen molar-refractivity contribution in [3.8, 4) is 11.8 Å². The molecule has 0 unspecified atom stereocenters. The van der Waals surface area contributed by atoms with E-state index in [1.165, 1.54) is 11.1 Å². The quantitative estimate of drug-likeness (QED) is 0.511. The summed E-state index contributed by atoms with van der Waals surface area (Å²) >= 11 is 4.11. The van der Waals surface area contributed by atoms with E-state index >= 15 is 0 Å². The third-order valence-corrected chi connectivity index (χ3v) is 2.29. The molecule has 13 heavy (non-hydrogen) atoms. The third kappa shape index (κ3) is 2.82. The molecule has 0 saturated carbocycles. The van der Waals surface area contributed by atoms with Gasteiger partial charge in [-0.25, -0.2) is 0 Å². The second-order valence-corrected chi connectivity index (χ2v) is 3.47. The monoisotopic (exact) mass is 190 g/mol. The minimum atomic E-state index is 0.831. The molecule has 0 N–H and O–H groups in total. The van der Waals surface area contributed by atoms with Crippen LogP contribution in [0.3, 0.4) is 0 Å². The fourth-order valence-electron chi connectivity index (χ4n) is 1.10. The largest absolute Gasteiger partial charge is 0.178 e. The molecule has 1 rings (SSSR count). The molecule has 0 aliphatic heterocycles. The number of hydrogen-bond donors (Lipinski definition) is 1. The van der Waals surface area contributed by atoms with Crippen LogP contribution in [0, 0.1) is 25.7 Å². The molecular formula is C12H14S. The van der Waals surface area contributed by atoms with E-state index in [4.69, 9.17) is 0 Å². The number of rotatable bonds is 1. The van der Waals surface area contributed by atoms with Gasteiger partial charge in [0.15, 0.2) is 0 Å². The van der Waals surface area contributed by atoms with Crippen LogP contribution in [0.15, 0.2) is 18.2 Å². The third-order valence-electron chi connectivity index (χ3n) is 2.06. The minimum absolute atomic E-state index is 0.831. The zero-order valence-electron chi connectivity index (χ0n) is 8.09. The van der Waals surface area contributed by atoms with Crippen LogP contribution in [0.5, 0.6) is 0 Å². The van der Waals surface area contributed by atoms with Crippen LogP contribution in [0.1, 0.15) is 23.1 Å². The van der Waals surface area contributed by atoms with Gasteiger partial charge in [0, 0.05) is 17.7 Å². The van der Waals surface area contributed by atoms with Gasteiger partial charge < -0.3 is 0 Å². The Morgan fingerprint density at radius 2 is 2.08 bits per heavy atom. The van der Waals surface area contributed by atoms with Crippen LogP contribution in [-0.2, 0) is 0 Å². The Bertz CT molecular complexity index is 342. The number of thiol groups is 1. The molecular weight excluding hydrogens is 176 g/mol. The van der Waals surface area contributed by atoms with E-state index in [9.17, 15) is 0 Å². The van der Waals surface area contributed by atoms with Crippen LogP contribution < -0.4 is 0 Å². The van der Waals surface area contributed by atoms with Gasteiger partial charge >= 0.3 is 0 Å². The van der Waals surface area contributed by atoms with Gasteiger partial charge in [0.25, 0.3) is 0 Å². The smallest absolute Gasteiger partial charge is 0.0277 e. The zero-order chi connectivity index (χ0) is 9.68. The Kier molecular flexibility index (Phi) is 3.92. The molecule has 1 aromatic carbocycles. The van der Waals surface area contributed by atoms with Crippen molar-refractivity contribution in [3.05, 3.63) is 34.9 Å². The summed E-state index contributed by atoms with van der Waals surface area (Å²) in [4.78, 5) is 0. The molecule has 0 spiro atoms. The van der Waals surface area contributed by atoms with Crippen LogP contribution in [-0.4, -0.2) is 5.75 Å². The lowest BCUT2D eigenvalue weighted by Gasteiger charge is -2.00. The normalized spacial score (nSPS) is 9.15. The van der Waals surface area contributed by atoms with Crippen molar-refractivity contribution >= 4 is 12.6 Å². The van der Waals surface area contributed by atoms with Crippen molar-refractivity contribution in [1.29, 1.82) is 0 Å². The summed E-state index contributed by atoms with van der Waals surface area (Å²) in [5.41, 5.74) is 3.73. The molecule has 0 saturated heterocycles. The summed E-state index contributed by atoms with van der Waals surface area (Å²) in [6.45, 7) is 4.22. The second kappa shape index (κ2) is 4.99. The highest BCUT2D eigenvalue weighted by molar-refractivity contribution is 7.80. The van der Waals surface area contributed by atoms with E-state index in [2.05, 4.69) is 50.4 Å². The van der Waals surface area contributed by atoms with Crippen molar-refractivity contribution in [2.75, 3.05) is 5.75 Å². The Morgan fingerprint density at radius 3 is 2.77 bits per heavy atom. The molecule has 0 bridgehead atoms. The summed E-state index contributed by atoms with van der Waals surface area (Å²) in [6.07, 6.45) is 0.858. The van der Waals surface area contributed by atoms with Crippen molar-refractivity contribution in [2.45, 2.75) is 20.3 Å². The van der Waals surface area contributed by atoms with Crippen LogP contribution in [0.2, 0.25) is 0 Å². The molecule has 0 atom stereocenters. The maximum Gasteiger partial charge on any atom is 0.0277 e. The second-order valence-electron chi connectivity index (χ2n) is 3.02. The van der Waals surface area contributed by atoms with Gasteiger partial charge in [-0.15, -0.1) is 0 Å². The molecule has 1 aromatic rings. The standard InChI is InChI=1S/C12H14S/c1-10-6-5-8-12(11(10)2)7-3-4-9-13/h5-6,8,13H,4,9H2,1-2H3. The Morgan fingerprint density at radius 1 is 1.31 bits per heavy atom. The lowest BCUT2D eigenvalue weighted by atomic mass is 10.0. The summed E-state index contributed by atoms with van der Waals surface area (Å²) < 4.78 is 0. The average molecular weight is 190 g/mol. The van der Waals surface area contributed by atoms with Crippen LogP contribution >= 0.6 is 12.6 Å². The van der Waals surface area contributed by atoms with Crippen molar-refractivity contribution in [3.63, 3.8) is 0 Å². The van der Waals surface area contributed by atoms with Gasteiger partial charge in [-0.2, -0.15) is 12.6 Å². The first kappa shape index (κ1) is 10.2. The van der Waals surface area contributed by atoms with E-state index in [-0.39, 0.29) is 0 Å². The summed E-state index contributed by atoms with van der Waals surface area (Å²) in [6, 6.07) is 6.22. The summed E-state index contributed by atoms with van der Waals surface area (Å²) in [7, 11) is 0. The number of aryl methyl sites for hydroxylation is 1. The predicted octanol–water partition coefficient (Wildman–Crippen LogP) is 2.97. The minimum Gasteiger partial charge on any atom is -0.178 e. The van der Waals surface area contributed by atoms with Gasteiger partial charge in [-0.3, -0.25) is 0 Å². The summed E-state index contributed by atoms with van der Waals surface area (Å²) in [5, 5.41) is 0. The molecule has 68 valence electrons. The highest BCUT2D eigenvalue weighted by Crippen LogP contribution is 2.10. The van der Waals surface area contributed by atoms with Gasteiger partial charge in [0.2, 0.25) is 0 Å². The maximum atomic E-state index is 4.11. The van der Waals surface area contributed by atoms with Crippen molar-refractivity contribution in [2.24, 2.45) is 0 Å². The van der Waals surface area contributed by atoms with Gasteiger partial charge in [0.05, 0.1) is 0 Å².